The monoisotopic (exact) mass is 262 g/mol. The van der Waals surface area contributed by atoms with Crippen molar-refractivity contribution in [2.45, 2.75) is 26.8 Å². The van der Waals surface area contributed by atoms with E-state index in [0.29, 0.717) is 0 Å². The van der Waals surface area contributed by atoms with Gasteiger partial charge in [0.1, 0.15) is 5.82 Å². The van der Waals surface area contributed by atoms with E-state index in [-0.39, 0.29) is 12.1 Å². The molecule has 2 heterocycles. The second kappa shape index (κ2) is 5.91. The standard InChI is InChI=1S/C14H22N4O/c1-11(2)16-14(19)18-8-6-17(7-9-18)13-5-4-12(3)10-15-13/h4-5,10-11H,6-9H2,1-3H3,(H,16,19). The van der Waals surface area contributed by atoms with E-state index in [2.05, 4.69) is 21.3 Å². The molecule has 1 aromatic heterocycles. The predicted molar refractivity (Wildman–Crippen MR) is 76.4 cm³/mol. The fourth-order valence-corrected chi connectivity index (χ4v) is 2.12. The van der Waals surface area contributed by atoms with Crippen molar-refractivity contribution >= 4 is 11.8 Å². The van der Waals surface area contributed by atoms with Crippen LogP contribution in [0.2, 0.25) is 0 Å². The van der Waals surface area contributed by atoms with E-state index in [1.54, 1.807) is 0 Å². The van der Waals surface area contributed by atoms with Crippen molar-refractivity contribution in [1.29, 1.82) is 0 Å². The lowest BCUT2D eigenvalue weighted by Crippen LogP contribution is -2.53. The minimum absolute atomic E-state index is 0.0338. The molecule has 0 spiro atoms. The molecule has 1 aromatic rings. The molecule has 1 aliphatic rings. The van der Waals surface area contributed by atoms with Crippen molar-refractivity contribution in [3.63, 3.8) is 0 Å². The largest absolute Gasteiger partial charge is 0.353 e. The van der Waals surface area contributed by atoms with Gasteiger partial charge in [-0.25, -0.2) is 9.78 Å². The highest BCUT2D eigenvalue weighted by Crippen LogP contribution is 2.13. The molecule has 2 rings (SSSR count). The first-order valence-corrected chi connectivity index (χ1v) is 6.79. The lowest BCUT2D eigenvalue weighted by molar-refractivity contribution is 0.191. The smallest absolute Gasteiger partial charge is 0.317 e. The van der Waals surface area contributed by atoms with Crippen LogP contribution in [0.25, 0.3) is 0 Å². The van der Waals surface area contributed by atoms with E-state index in [1.807, 2.05) is 37.9 Å². The third kappa shape index (κ3) is 3.59. The first-order chi connectivity index (χ1) is 9.06. The summed E-state index contributed by atoms with van der Waals surface area (Å²) in [5.74, 6) is 0.995. The van der Waals surface area contributed by atoms with Crippen molar-refractivity contribution in [2.75, 3.05) is 31.1 Å². The summed E-state index contributed by atoms with van der Waals surface area (Å²) in [5.41, 5.74) is 1.17. The zero-order valence-electron chi connectivity index (χ0n) is 11.9. The summed E-state index contributed by atoms with van der Waals surface area (Å²) in [5, 5.41) is 2.93. The van der Waals surface area contributed by atoms with E-state index < -0.39 is 0 Å². The van der Waals surface area contributed by atoms with Crippen LogP contribution in [0.5, 0.6) is 0 Å². The van der Waals surface area contributed by atoms with Crippen LogP contribution in [0.4, 0.5) is 10.6 Å². The van der Waals surface area contributed by atoms with Gasteiger partial charge in [0.25, 0.3) is 0 Å². The molecule has 2 amide bonds. The Morgan fingerprint density at radius 2 is 1.95 bits per heavy atom. The van der Waals surface area contributed by atoms with Gasteiger partial charge in [-0.1, -0.05) is 6.07 Å². The summed E-state index contributed by atoms with van der Waals surface area (Å²) >= 11 is 0. The van der Waals surface area contributed by atoms with E-state index >= 15 is 0 Å². The van der Waals surface area contributed by atoms with Gasteiger partial charge in [-0.15, -0.1) is 0 Å². The molecule has 0 unspecified atom stereocenters. The number of anilines is 1. The van der Waals surface area contributed by atoms with Crippen LogP contribution in [0.15, 0.2) is 18.3 Å². The first kappa shape index (κ1) is 13.6. The topological polar surface area (TPSA) is 48.5 Å². The molecule has 1 N–H and O–H groups in total. The van der Waals surface area contributed by atoms with Crippen LogP contribution in [0.1, 0.15) is 19.4 Å². The van der Waals surface area contributed by atoms with Gasteiger partial charge in [0.2, 0.25) is 0 Å². The number of amides is 2. The number of nitrogens with zero attached hydrogens (tertiary/aromatic N) is 3. The maximum absolute atomic E-state index is 11.9. The number of carbonyl (C=O) groups excluding carboxylic acids is 1. The minimum Gasteiger partial charge on any atom is -0.353 e. The molecule has 0 radical (unpaired) electrons. The molecule has 19 heavy (non-hydrogen) atoms. The summed E-state index contributed by atoms with van der Waals surface area (Å²) < 4.78 is 0. The van der Waals surface area contributed by atoms with Gasteiger partial charge >= 0.3 is 6.03 Å². The molecule has 0 bridgehead atoms. The summed E-state index contributed by atoms with van der Waals surface area (Å²) in [4.78, 5) is 20.4. The molecule has 5 nitrogen and oxygen atoms in total. The number of aromatic nitrogens is 1. The van der Waals surface area contributed by atoms with Crippen LogP contribution in [-0.2, 0) is 0 Å². The Kier molecular flexibility index (Phi) is 4.24. The number of carbonyl (C=O) groups is 1. The molecule has 0 aliphatic carbocycles. The maximum Gasteiger partial charge on any atom is 0.317 e. The van der Waals surface area contributed by atoms with E-state index in [0.717, 1.165) is 32.0 Å². The van der Waals surface area contributed by atoms with Gasteiger partial charge in [-0.05, 0) is 32.4 Å². The lowest BCUT2D eigenvalue weighted by atomic mass is 10.3. The highest BCUT2D eigenvalue weighted by atomic mass is 16.2. The highest BCUT2D eigenvalue weighted by molar-refractivity contribution is 5.74. The first-order valence-electron chi connectivity index (χ1n) is 6.79. The maximum atomic E-state index is 11.9. The molecule has 104 valence electrons. The van der Waals surface area contributed by atoms with Gasteiger partial charge in [0, 0.05) is 38.4 Å². The number of pyridine rings is 1. The fourth-order valence-electron chi connectivity index (χ4n) is 2.12. The number of hydrogen-bond donors (Lipinski definition) is 1. The second-order valence-electron chi connectivity index (χ2n) is 5.27. The number of urea groups is 1. The molecule has 0 saturated carbocycles. The van der Waals surface area contributed by atoms with E-state index in [4.69, 9.17) is 0 Å². The third-order valence-corrected chi connectivity index (χ3v) is 3.20. The minimum atomic E-state index is 0.0338. The molecular formula is C14H22N4O. The van der Waals surface area contributed by atoms with Crippen molar-refractivity contribution in [1.82, 2.24) is 15.2 Å². The van der Waals surface area contributed by atoms with Crippen LogP contribution in [-0.4, -0.2) is 48.1 Å². The van der Waals surface area contributed by atoms with E-state index in [1.165, 1.54) is 5.56 Å². The summed E-state index contributed by atoms with van der Waals surface area (Å²) in [6.07, 6.45) is 1.88. The zero-order chi connectivity index (χ0) is 13.8. The molecular weight excluding hydrogens is 240 g/mol. The van der Waals surface area contributed by atoms with Crippen LogP contribution >= 0.6 is 0 Å². The third-order valence-electron chi connectivity index (χ3n) is 3.20. The predicted octanol–water partition coefficient (Wildman–Crippen LogP) is 1.63. The van der Waals surface area contributed by atoms with Crippen molar-refractivity contribution in [3.05, 3.63) is 23.9 Å². The Balaban J connectivity index is 1.88. The summed E-state index contributed by atoms with van der Waals surface area (Å²) in [6.45, 7) is 9.14. The van der Waals surface area contributed by atoms with Gasteiger partial charge in [0.15, 0.2) is 0 Å². The van der Waals surface area contributed by atoms with Gasteiger partial charge in [-0.3, -0.25) is 0 Å². The zero-order valence-corrected chi connectivity index (χ0v) is 11.9. The Morgan fingerprint density at radius 1 is 1.26 bits per heavy atom. The SMILES string of the molecule is Cc1ccc(N2CCN(C(=O)NC(C)C)CC2)nc1. The average molecular weight is 262 g/mol. The Bertz CT molecular complexity index is 422. The lowest BCUT2D eigenvalue weighted by Gasteiger charge is -2.35. The normalized spacial score (nSPS) is 15.8. The molecule has 1 fully saturated rings. The second-order valence-corrected chi connectivity index (χ2v) is 5.27. The molecule has 0 atom stereocenters. The van der Waals surface area contributed by atoms with Gasteiger partial charge in [-0.2, -0.15) is 0 Å². The average Bonchev–Trinajstić information content (AvgIpc) is 2.39. The van der Waals surface area contributed by atoms with Gasteiger partial charge in [0.05, 0.1) is 0 Å². The van der Waals surface area contributed by atoms with Crippen molar-refractivity contribution < 1.29 is 4.79 Å². The van der Waals surface area contributed by atoms with E-state index in [9.17, 15) is 4.79 Å². The quantitative estimate of drug-likeness (QED) is 0.881. The van der Waals surface area contributed by atoms with Gasteiger partial charge < -0.3 is 15.1 Å². The fraction of sp³-hybridized carbons (Fsp3) is 0.571. The molecule has 0 aromatic carbocycles. The summed E-state index contributed by atoms with van der Waals surface area (Å²) in [6, 6.07) is 4.33. The van der Waals surface area contributed by atoms with Crippen molar-refractivity contribution in [3.8, 4) is 0 Å². The number of aryl methyl sites for hydroxylation is 1. The Labute approximate surface area is 114 Å². The van der Waals surface area contributed by atoms with Crippen LogP contribution in [0.3, 0.4) is 0 Å². The number of rotatable bonds is 2. The van der Waals surface area contributed by atoms with Crippen LogP contribution < -0.4 is 10.2 Å². The molecule has 5 heteroatoms. The van der Waals surface area contributed by atoms with Crippen LogP contribution in [0, 0.1) is 6.92 Å². The Hall–Kier alpha value is -1.78. The number of hydrogen-bond acceptors (Lipinski definition) is 3. The highest BCUT2D eigenvalue weighted by Gasteiger charge is 2.21. The Morgan fingerprint density at radius 3 is 2.47 bits per heavy atom. The molecule has 1 aliphatic heterocycles. The number of piperazine rings is 1. The number of nitrogens with one attached hydrogen (secondary N) is 1. The molecule has 1 saturated heterocycles. The summed E-state index contributed by atoms with van der Waals surface area (Å²) in [7, 11) is 0. The van der Waals surface area contributed by atoms with Crippen molar-refractivity contribution in [2.24, 2.45) is 0 Å².